The molecule has 1 aliphatic heterocycles. The van der Waals surface area contributed by atoms with Gasteiger partial charge in [0.25, 0.3) is 0 Å². The van der Waals surface area contributed by atoms with Crippen LogP contribution in [-0.4, -0.2) is 28.4 Å². The fourth-order valence-electron chi connectivity index (χ4n) is 3.44. The van der Waals surface area contributed by atoms with E-state index in [2.05, 4.69) is 17.3 Å². The van der Waals surface area contributed by atoms with Crippen molar-refractivity contribution in [2.24, 2.45) is 11.8 Å². The van der Waals surface area contributed by atoms with Gasteiger partial charge >= 0.3 is 0 Å². The van der Waals surface area contributed by atoms with Gasteiger partial charge in [-0.05, 0) is 31.6 Å². The van der Waals surface area contributed by atoms with Crippen molar-refractivity contribution in [2.75, 3.05) is 11.9 Å². The first kappa shape index (κ1) is 14.6. The summed E-state index contributed by atoms with van der Waals surface area (Å²) in [5.74, 6) is 0.977. The Morgan fingerprint density at radius 3 is 3.10 bits per heavy atom. The van der Waals surface area contributed by atoms with Crippen LogP contribution >= 0.6 is 0 Å². The van der Waals surface area contributed by atoms with Crippen LogP contribution in [0, 0.1) is 11.8 Å². The van der Waals surface area contributed by atoms with Crippen LogP contribution in [0.2, 0.25) is 0 Å². The zero-order valence-corrected chi connectivity index (χ0v) is 12.8. The minimum Gasteiger partial charge on any atom is -0.376 e. The highest BCUT2D eigenvalue weighted by atomic mass is 16.5. The molecule has 1 saturated carbocycles. The van der Waals surface area contributed by atoms with Crippen LogP contribution in [0.1, 0.15) is 45.4 Å². The molecule has 1 N–H and O–H groups in total. The minimum atomic E-state index is 0.151. The zero-order chi connectivity index (χ0) is 14.7. The largest absolute Gasteiger partial charge is 0.376 e. The Balaban J connectivity index is 1.52. The van der Waals surface area contributed by atoms with E-state index in [-0.39, 0.29) is 17.9 Å². The van der Waals surface area contributed by atoms with Crippen LogP contribution in [-0.2, 0) is 16.1 Å². The normalized spacial score (nSPS) is 29.5. The van der Waals surface area contributed by atoms with Crippen molar-refractivity contribution < 1.29 is 9.53 Å². The first-order chi connectivity index (χ1) is 10.2. The molecule has 2 aliphatic rings. The maximum atomic E-state index is 12.3. The highest BCUT2D eigenvalue weighted by Gasteiger charge is 2.25. The summed E-state index contributed by atoms with van der Waals surface area (Å²) in [5, 5.41) is 7.33. The molecule has 5 heteroatoms. The van der Waals surface area contributed by atoms with Crippen LogP contribution in [0.3, 0.4) is 0 Å². The Hall–Kier alpha value is -1.36. The number of aromatic nitrogens is 2. The molecule has 5 nitrogen and oxygen atoms in total. The van der Waals surface area contributed by atoms with Crippen molar-refractivity contribution in [1.29, 1.82) is 0 Å². The number of hydrogen-bond donors (Lipinski definition) is 1. The maximum Gasteiger partial charge on any atom is 0.227 e. The Morgan fingerprint density at radius 2 is 2.33 bits per heavy atom. The Morgan fingerprint density at radius 1 is 1.43 bits per heavy atom. The molecular formula is C16H25N3O2. The summed E-state index contributed by atoms with van der Waals surface area (Å²) < 4.78 is 7.48. The summed E-state index contributed by atoms with van der Waals surface area (Å²) in [7, 11) is 0. The van der Waals surface area contributed by atoms with E-state index in [1.807, 2.05) is 10.9 Å². The number of nitrogens with one attached hydrogen (secondary N) is 1. The molecule has 116 valence electrons. The second kappa shape index (κ2) is 6.60. The lowest BCUT2D eigenvalue weighted by molar-refractivity contribution is -0.121. The zero-order valence-electron chi connectivity index (χ0n) is 12.8. The molecule has 21 heavy (non-hydrogen) atoms. The fraction of sp³-hybridized carbons (Fsp3) is 0.750. The number of carbonyl (C=O) groups is 1. The number of amides is 1. The van der Waals surface area contributed by atoms with E-state index in [0.29, 0.717) is 5.92 Å². The van der Waals surface area contributed by atoms with Gasteiger partial charge in [-0.15, -0.1) is 0 Å². The summed E-state index contributed by atoms with van der Waals surface area (Å²) in [5.41, 5.74) is 0.802. The van der Waals surface area contributed by atoms with E-state index in [0.717, 1.165) is 50.9 Å². The third-order valence-electron chi connectivity index (χ3n) is 4.62. The smallest absolute Gasteiger partial charge is 0.227 e. The third-order valence-corrected chi connectivity index (χ3v) is 4.62. The monoisotopic (exact) mass is 291 g/mol. The van der Waals surface area contributed by atoms with Gasteiger partial charge in [0, 0.05) is 18.7 Å². The number of carbonyl (C=O) groups excluding carboxylic acids is 1. The molecule has 1 aliphatic carbocycles. The van der Waals surface area contributed by atoms with Crippen molar-refractivity contribution >= 4 is 11.6 Å². The van der Waals surface area contributed by atoms with Gasteiger partial charge in [-0.25, -0.2) is 0 Å². The highest BCUT2D eigenvalue weighted by molar-refractivity contribution is 5.92. The van der Waals surface area contributed by atoms with Gasteiger partial charge in [0.05, 0.1) is 24.5 Å². The van der Waals surface area contributed by atoms with Crippen molar-refractivity contribution in [3.8, 4) is 0 Å². The first-order valence-corrected chi connectivity index (χ1v) is 8.15. The molecule has 1 amide bonds. The number of ether oxygens (including phenoxy) is 1. The number of nitrogens with zero attached hydrogens (tertiary/aromatic N) is 2. The van der Waals surface area contributed by atoms with E-state index in [1.165, 1.54) is 6.42 Å². The predicted molar refractivity (Wildman–Crippen MR) is 81.0 cm³/mol. The van der Waals surface area contributed by atoms with E-state index in [1.54, 1.807) is 6.20 Å². The van der Waals surface area contributed by atoms with E-state index < -0.39 is 0 Å². The van der Waals surface area contributed by atoms with Crippen LogP contribution in [0.15, 0.2) is 12.4 Å². The molecule has 2 fully saturated rings. The lowest BCUT2D eigenvalue weighted by Gasteiger charge is -2.25. The number of hydrogen-bond acceptors (Lipinski definition) is 3. The number of rotatable bonds is 4. The Bertz CT molecular complexity index is 480. The van der Waals surface area contributed by atoms with Crippen molar-refractivity contribution in [2.45, 2.75) is 58.1 Å². The summed E-state index contributed by atoms with van der Waals surface area (Å²) in [6, 6.07) is 0. The van der Waals surface area contributed by atoms with Crippen LogP contribution < -0.4 is 5.32 Å². The SMILES string of the molecule is CC1CCCC(C(=O)Nc2cnn(CC3CCCO3)c2)C1. The predicted octanol–water partition coefficient (Wildman–Crippen LogP) is 2.83. The van der Waals surface area contributed by atoms with Gasteiger partial charge in [-0.3, -0.25) is 9.48 Å². The van der Waals surface area contributed by atoms with Gasteiger partial charge in [-0.1, -0.05) is 19.8 Å². The van der Waals surface area contributed by atoms with E-state index in [4.69, 9.17) is 4.74 Å². The molecule has 0 aromatic carbocycles. The first-order valence-electron chi connectivity index (χ1n) is 8.15. The summed E-state index contributed by atoms with van der Waals surface area (Å²) in [4.78, 5) is 12.3. The molecule has 0 radical (unpaired) electrons. The molecule has 2 heterocycles. The van der Waals surface area contributed by atoms with Gasteiger partial charge in [-0.2, -0.15) is 5.10 Å². The summed E-state index contributed by atoms with van der Waals surface area (Å²) >= 11 is 0. The van der Waals surface area contributed by atoms with Crippen LogP contribution in [0.25, 0.3) is 0 Å². The fourth-order valence-corrected chi connectivity index (χ4v) is 3.44. The second-order valence-corrected chi connectivity index (χ2v) is 6.54. The lowest BCUT2D eigenvalue weighted by Crippen LogP contribution is -2.27. The topological polar surface area (TPSA) is 56.2 Å². The average Bonchev–Trinajstić information content (AvgIpc) is 3.11. The van der Waals surface area contributed by atoms with Crippen molar-refractivity contribution in [3.63, 3.8) is 0 Å². The number of anilines is 1. The maximum absolute atomic E-state index is 12.3. The minimum absolute atomic E-state index is 0.151. The molecule has 3 unspecified atom stereocenters. The lowest BCUT2D eigenvalue weighted by atomic mass is 9.82. The van der Waals surface area contributed by atoms with E-state index >= 15 is 0 Å². The molecule has 1 aromatic rings. The Kier molecular flexibility index (Phi) is 4.58. The van der Waals surface area contributed by atoms with Crippen LogP contribution in [0.4, 0.5) is 5.69 Å². The molecule has 0 bridgehead atoms. The van der Waals surface area contributed by atoms with E-state index in [9.17, 15) is 4.79 Å². The summed E-state index contributed by atoms with van der Waals surface area (Å²) in [6.07, 6.45) is 10.6. The van der Waals surface area contributed by atoms with Crippen molar-refractivity contribution in [1.82, 2.24) is 9.78 Å². The highest BCUT2D eigenvalue weighted by Crippen LogP contribution is 2.29. The Labute approximate surface area is 126 Å². The molecule has 1 aromatic heterocycles. The van der Waals surface area contributed by atoms with Gasteiger partial charge in [0.1, 0.15) is 0 Å². The standard InChI is InChI=1S/C16H25N3O2/c1-12-4-2-5-13(8-12)16(20)18-14-9-17-19(10-14)11-15-6-3-7-21-15/h9-10,12-13,15H,2-8,11H2,1H3,(H,18,20). The molecule has 3 rings (SSSR count). The molecule has 3 atom stereocenters. The molecular weight excluding hydrogens is 266 g/mol. The molecule has 0 spiro atoms. The van der Waals surface area contributed by atoms with Crippen LogP contribution in [0.5, 0.6) is 0 Å². The van der Waals surface area contributed by atoms with Crippen molar-refractivity contribution in [3.05, 3.63) is 12.4 Å². The quantitative estimate of drug-likeness (QED) is 0.928. The van der Waals surface area contributed by atoms with Gasteiger partial charge in [0.2, 0.25) is 5.91 Å². The van der Waals surface area contributed by atoms with Gasteiger partial charge < -0.3 is 10.1 Å². The third kappa shape index (κ3) is 3.84. The van der Waals surface area contributed by atoms with Gasteiger partial charge in [0.15, 0.2) is 0 Å². The second-order valence-electron chi connectivity index (χ2n) is 6.54. The average molecular weight is 291 g/mol. The summed E-state index contributed by atoms with van der Waals surface area (Å²) in [6.45, 7) is 3.87. The molecule has 1 saturated heterocycles.